The van der Waals surface area contributed by atoms with E-state index in [2.05, 4.69) is 34.5 Å². The molecule has 0 aromatic heterocycles. The molecule has 6 nitrogen and oxygen atoms in total. The van der Waals surface area contributed by atoms with E-state index in [0.29, 0.717) is 25.9 Å². The lowest BCUT2D eigenvalue weighted by atomic mass is 10.1. The summed E-state index contributed by atoms with van der Waals surface area (Å²) in [6.07, 6.45) is 2.93. The fourth-order valence-electron chi connectivity index (χ4n) is 3.72. The number of carbonyl (C=O) groups excluding carboxylic acids is 1. The van der Waals surface area contributed by atoms with Crippen molar-refractivity contribution in [1.29, 1.82) is 0 Å². The molecule has 1 saturated heterocycles. The highest BCUT2D eigenvalue weighted by Gasteiger charge is 2.39. The minimum atomic E-state index is -3.67. The average molecular weight is 430 g/mol. The molecule has 1 N–H and O–H groups in total. The molecule has 0 spiro atoms. The van der Waals surface area contributed by atoms with E-state index in [1.54, 1.807) is 24.3 Å². The molecule has 1 heterocycles. The van der Waals surface area contributed by atoms with Gasteiger partial charge in [0, 0.05) is 32.9 Å². The van der Waals surface area contributed by atoms with Crippen LogP contribution in [0.15, 0.2) is 53.4 Å². The molecule has 1 fully saturated rings. The van der Waals surface area contributed by atoms with Gasteiger partial charge in [0.15, 0.2) is 0 Å². The molecule has 1 atom stereocenters. The van der Waals surface area contributed by atoms with Crippen LogP contribution < -0.4 is 10.2 Å². The molecule has 1 amide bonds. The van der Waals surface area contributed by atoms with Crippen LogP contribution in [0.3, 0.4) is 0 Å². The van der Waals surface area contributed by atoms with E-state index >= 15 is 0 Å². The molecular formula is C23H31N3O3S. The molecule has 3 rings (SSSR count). The number of amides is 1. The number of rotatable bonds is 8. The highest BCUT2D eigenvalue weighted by molar-refractivity contribution is 7.89. The summed E-state index contributed by atoms with van der Waals surface area (Å²) in [6, 6.07) is 14.5. The van der Waals surface area contributed by atoms with Gasteiger partial charge in [0.1, 0.15) is 6.04 Å². The van der Waals surface area contributed by atoms with Crippen molar-refractivity contribution in [3.63, 3.8) is 0 Å². The summed E-state index contributed by atoms with van der Waals surface area (Å²) in [6.45, 7) is 2.83. The molecule has 0 aliphatic carbocycles. The maximum Gasteiger partial charge on any atom is 0.243 e. The van der Waals surface area contributed by atoms with E-state index in [4.69, 9.17) is 0 Å². The van der Waals surface area contributed by atoms with Gasteiger partial charge in [0.05, 0.1) is 4.90 Å². The van der Waals surface area contributed by atoms with Crippen LogP contribution in [-0.4, -0.2) is 51.9 Å². The molecule has 2 aromatic carbocycles. The molecule has 0 unspecified atom stereocenters. The van der Waals surface area contributed by atoms with Gasteiger partial charge in [0.25, 0.3) is 0 Å². The van der Waals surface area contributed by atoms with Gasteiger partial charge in [-0.3, -0.25) is 4.79 Å². The number of benzene rings is 2. The number of anilines is 1. The van der Waals surface area contributed by atoms with Crippen LogP contribution in [0.1, 0.15) is 30.4 Å². The first-order valence-electron chi connectivity index (χ1n) is 10.4. The van der Waals surface area contributed by atoms with E-state index < -0.39 is 16.1 Å². The Morgan fingerprint density at radius 3 is 2.40 bits per heavy atom. The predicted molar refractivity (Wildman–Crippen MR) is 120 cm³/mol. The number of aryl methyl sites for hydroxylation is 2. The molecule has 1 aliphatic heterocycles. The lowest BCUT2D eigenvalue weighted by Gasteiger charge is -2.23. The zero-order valence-corrected chi connectivity index (χ0v) is 18.8. The lowest BCUT2D eigenvalue weighted by molar-refractivity contribution is -0.124. The first kappa shape index (κ1) is 22.3. The third-order valence-corrected chi connectivity index (χ3v) is 7.45. The fourth-order valence-corrected chi connectivity index (χ4v) is 5.37. The number of hydrogen-bond acceptors (Lipinski definition) is 4. The normalized spacial score (nSPS) is 17.1. The minimum Gasteiger partial charge on any atom is -0.378 e. The highest BCUT2D eigenvalue weighted by atomic mass is 32.2. The van der Waals surface area contributed by atoms with E-state index in [0.717, 1.165) is 24.1 Å². The Hall–Kier alpha value is -2.38. The van der Waals surface area contributed by atoms with Gasteiger partial charge in [-0.1, -0.05) is 29.8 Å². The molecule has 0 bridgehead atoms. The Morgan fingerprint density at radius 1 is 1.10 bits per heavy atom. The van der Waals surface area contributed by atoms with Gasteiger partial charge in [-0.05, 0) is 62.4 Å². The van der Waals surface area contributed by atoms with Crippen LogP contribution in [-0.2, 0) is 21.2 Å². The summed E-state index contributed by atoms with van der Waals surface area (Å²) >= 11 is 0. The number of sulfonamides is 1. The topological polar surface area (TPSA) is 69.7 Å². The van der Waals surface area contributed by atoms with Crippen molar-refractivity contribution >= 4 is 21.6 Å². The summed E-state index contributed by atoms with van der Waals surface area (Å²) in [5, 5.41) is 2.93. The maximum absolute atomic E-state index is 13.0. The van der Waals surface area contributed by atoms with Crippen LogP contribution in [0.2, 0.25) is 0 Å². The van der Waals surface area contributed by atoms with Crippen molar-refractivity contribution in [1.82, 2.24) is 9.62 Å². The number of nitrogens with zero attached hydrogens (tertiary/aromatic N) is 2. The van der Waals surface area contributed by atoms with Crippen molar-refractivity contribution in [2.24, 2.45) is 0 Å². The summed E-state index contributed by atoms with van der Waals surface area (Å²) < 4.78 is 27.3. The number of hydrogen-bond donors (Lipinski definition) is 1. The quantitative estimate of drug-likeness (QED) is 0.655. The molecular weight excluding hydrogens is 398 g/mol. The first-order valence-corrected chi connectivity index (χ1v) is 11.9. The highest BCUT2D eigenvalue weighted by Crippen LogP contribution is 2.26. The van der Waals surface area contributed by atoms with Crippen molar-refractivity contribution < 1.29 is 13.2 Å². The summed E-state index contributed by atoms with van der Waals surface area (Å²) in [4.78, 5) is 15.0. The Bertz CT molecular complexity index is 954. The monoisotopic (exact) mass is 429 g/mol. The molecule has 2 aromatic rings. The van der Waals surface area contributed by atoms with Crippen molar-refractivity contribution in [3.05, 3.63) is 59.7 Å². The van der Waals surface area contributed by atoms with Gasteiger partial charge < -0.3 is 10.2 Å². The van der Waals surface area contributed by atoms with E-state index in [9.17, 15) is 13.2 Å². The Morgan fingerprint density at radius 2 is 1.77 bits per heavy atom. The van der Waals surface area contributed by atoms with Crippen LogP contribution in [0.5, 0.6) is 0 Å². The largest absolute Gasteiger partial charge is 0.378 e. The van der Waals surface area contributed by atoms with Gasteiger partial charge in [-0.15, -0.1) is 0 Å². The minimum absolute atomic E-state index is 0.203. The van der Waals surface area contributed by atoms with Gasteiger partial charge in [0.2, 0.25) is 15.9 Å². The molecule has 30 heavy (non-hydrogen) atoms. The smallest absolute Gasteiger partial charge is 0.243 e. The second kappa shape index (κ2) is 9.62. The lowest BCUT2D eigenvalue weighted by Crippen LogP contribution is -2.46. The zero-order chi connectivity index (χ0) is 21.7. The van der Waals surface area contributed by atoms with E-state index in [1.165, 1.54) is 9.87 Å². The zero-order valence-electron chi connectivity index (χ0n) is 18.0. The first-order chi connectivity index (χ1) is 14.3. The summed E-state index contributed by atoms with van der Waals surface area (Å²) in [5.74, 6) is -0.203. The predicted octanol–water partition coefficient (Wildman–Crippen LogP) is 2.96. The Kier molecular flexibility index (Phi) is 7.15. The van der Waals surface area contributed by atoms with Gasteiger partial charge in [-0.25, -0.2) is 8.42 Å². The van der Waals surface area contributed by atoms with Crippen molar-refractivity contribution in [2.45, 2.75) is 43.5 Å². The average Bonchev–Trinajstić information content (AvgIpc) is 3.23. The molecule has 1 aliphatic rings. The SMILES string of the molecule is Cc1ccc(S(=O)(=O)N2CCC[C@H]2C(=O)NCCCc2ccc(N(C)C)cc2)cc1. The molecule has 7 heteroatoms. The molecule has 162 valence electrons. The van der Waals surface area contributed by atoms with Crippen molar-refractivity contribution in [2.75, 3.05) is 32.1 Å². The number of carbonyl (C=O) groups is 1. The molecule has 0 saturated carbocycles. The Labute approximate surface area is 179 Å². The van der Waals surface area contributed by atoms with Crippen LogP contribution in [0.25, 0.3) is 0 Å². The molecule has 0 radical (unpaired) electrons. The summed E-state index contributed by atoms with van der Waals surface area (Å²) in [7, 11) is 0.354. The summed E-state index contributed by atoms with van der Waals surface area (Å²) in [5.41, 5.74) is 3.38. The van der Waals surface area contributed by atoms with Crippen LogP contribution >= 0.6 is 0 Å². The second-order valence-electron chi connectivity index (χ2n) is 8.04. The van der Waals surface area contributed by atoms with Gasteiger partial charge in [-0.2, -0.15) is 4.31 Å². The standard InChI is InChI=1S/C23H31N3O3S/c1-18-8-14-21(15-9-18)30(28,29)26-17-5-7-22(26)23(27)24-16-4-6-19-10-12-20(13-11-19)25(2)3/h8-15,22H,4-7,16-17H2,1-3H3,(H,24,27)/t22-/m0/s1. The van der Waals surface area contributed by atoms with Crippen molar-refractivity contribution in [3.8, 4) is 0 Å². The maximum atomic E-state index is 13.0. The Balaban J connectivity index is 1.53. The second-order valence-corrected chi connectivity index (χ2v) is 9.93. The number of nitrogens with one attached hydrogen (secondary N) is 1. The third kappa shape index (κ3) is 5.21. The van der Waals surface area contributed by atoms with E-state index in [1.807, 2.05) is 21.0 Å². The third-order valence-electron chi connectivity index (χ3n) is 5.53. The van der Waals surface area contributed by atoms with E-state index in [-0.39, 0.29) is 10.8 Å². The van der Waals surface area contributed by atoms with Crippen LogP contribution in [0.4, 0.5) is 5.69 Å². The fraction of sp³-hybridized carbons (Fsp3) is 0.435. The van der Waals surface area contributed by atoms with Gasteiger partial charge >= 0.3 is 0 Å². The van der Waals surface area contributed by atoms with Crippen LogP contribution in [0, 0.1) is 6.92 Å².